The summed E-state index contributed by atoms with van der Waals surface area (Å²) in [5.74, 6) is 1.02. The van der Waals surface area contributed by atoms with Gasteiger partial charge in [-0.25, -0.2) is 4.98 Å². The maximum absolute atomic E-state index is 11.9. The summed E-state index contributed by atoms with van der Waals surface area (Å²) in [7, 11) is 3.34. The molecule has 27 heavy (non-hydrogen) atoms. The summed E-state index contributed by atoms with van der Waals surface area (Å²) in [6.07, 6.45) is 2.14. The number of nitrogen functional groups attached to an aromatic ring is 1. The fraction of sp³-hybridized carbons (Fsp3) is 0.500. The van der Waals surface area contributed by atoms with Crippen LogP contribution in [0.5, 0.6) is 11.5 Å². The molecule has 0 aliphatic carbocycles. The van der Waals surface area contributed by atoms with E-state index in [1.54, 1.807) is 6.07 Å². The van der Waals surface area contributed by atoms with Crippen LogP contribution in [-0.4, -0.2) is 60.9 Å². The standard InChI is InChI=1S/C18H25N5O4/c1-23(7-4-6-20-17(25)14-5-3-8-27-14)18-21-12-10-15(26-2)13(24)9-11(12)16(19)22-18/h9-10,14,24H,3-8H2,1-2H3,(H,20,25)(H2,19,21,22). The number of anilines is 2. The van der Waals surface area contributed by atoms with Crippen molar-refractivity contribution in [1.82, 2.24) is 15.3 Å². The third kappa shape index (κ3) is 4.30. The molecule has 2 aromatic rings. The first-order valence-corrected chi connectivity index (χ1v) is 8.94. The topological polar surface area (TPSA) is 123 Å². The van der Waals surface area contributed by atoms with E-state index in [0.717, 1.165) is 19.3 Å². The van der Waals surface area contributed by atoms with Crippen molar-refractivity contribution < 1.29 is 19.4 Å². The smallest absolute Gasteiger partial charge is 0.249 e. The normalized spacial score (nSPS) is 16.4. The predicted octanol–water partition coefficient (Wildman–Crippen LogP) is 1.05. The molecule has 1 fully saturated rings. The zero-order chi connectivity index (χ0) is 19.4. The number of hydrogen-bond acceptors (Lipinski definition) is 8. The Kier molecular flexibility index (Phi) is 5.80. The molecule has 0 bridgehead atoms. The number of aromatic nitrogens is 2. The first kappa shape index (κ1) is 19.0. The van der Waals surface area contributed by atoms with Crippen LogP contribution >= 0.6 is 0 Å². The molecule has 1 amide bonds. The number of benzene rings is 1. The van der Waals surface area contributed by atoms with Gasteiger partial charge in [0.15, 0.2) is 11.5 Å². The van der Waals surface area contributed by atoms with E-state index in [2.05, 4.69) is 15.3 Å². The van der Waals surface area contributed by atoms with Gasteiger partial charge in [-0.15, -0.1) is 0 Å². The van der Waals surface area contributed by atoms with E-state index in [9.17, 15) is 9.90 Å². The van der Waals surface area contributed by atoms with Crippen LogP contribution in [0.2, 0.25) is 0 Å². The number of carbonyl (C=O) groups excluding carboxylic acids is 1. The molecular weight excluding hydrogens is 350 g/mol. The Hall–Kier alpha value is -2.81. The predicted molar refractivity (Wildman–Crippen MR) is 102 cm³/mol. The van der Waals surface area contributed by atoms with Crippen molar-refractivity contribution in [2.24, 2.45) is 0 Å². The number of phenolic OH excluding ortho intramolecular Hbond substituents is 1. The number of fused-ring (bicyclic) bond motifs is 1. The SMILES string of the molecule is COc1cc2nc(N(C)CCCNC(=O)C3CCCO3)nc(N)c2cc1O. The van der Waals surface area contributed by atoms with Crippen molar-refractivity contribution in [1.29, 1.82) is 0 Å². The summed E-state index contributed by atoms with van der Waals surface area (Å²) in [5, 5.41) is 13.3. The van der Waals surface area contributed by atoms with E-state index in [-0.39, 0.29) is 23.6 Å². The second-order valence-corrected chi connectivity index (χ2v) is 6.52. The van der Waals surface area contributed by atoms with Gasteiger partial charge in [0.2, 0.25) is 11.9 Å². The summed E-state index contributed by atoms with van der Waals surface area (Å²) >= 11 is 0. The van der Waals surface area contributed by atoms with Gasteiger partial charge in [0.1, 0.15) is 11.9 Å². The van der Waals surface area contributed by atoms with Gasteiger partial charge < -0.3 is 30.5 Å². The minimum Gasteiger partial charge on any atom is -0.504 e. The summed E-state index contributed by atoms with van der Waals surface area (Å²) < 4.78 is 10.5. The molecule has 1 aromatic carbocycles. The zero-order valence-corrected chi connectivity index (χ0v) is 15.6. The number of amides is 1. The van der Waals surface area contributed by atoms with Crippen LogP contribution in [0.25, 0.3) is 10.9 Å². The molecule has 9 nitrogen and oxygen atoms in total. The van der Waals surface area contributed by atoms with E-state index in [4.69, 9.17) is 15.2 Å². The quantitative estimate of drug-likeness (QED) is 0.614. The highest BCUT2D eigenvalue weighted by atomic mass is 16.5. The van der Waals surface area contributed by atoms with Gasteiger partial charge in [-0.2, -0.15) is 4.98 Å². The molecule has 2 heterocycles. The first-order valence-electron chi connectivity index (χ1n) is 8.94. The van der Waals surface area contributed by atoms with Gasteiger partial charge in [-0.05, 0) is 25.3 Å². The van der Waals surface area contributed by atoms with Gasteiger partial charge in [0.05, 0.1) is 12.6 Å². The fourth-order valence-corrected chi connectivity index (χ4v) is 3.02. The summed E-state index contributed by atoms with van der Waals surface area (Å²) in [6, 6.07) is 3.12. The lowest BCUT2D eigenvalue weighted by molar-refractivity contribution is -0.130. The highest BCUT2D eigenvalue weighted by molar-refractivity contribution is 5.91. The monoisotopic (exact) mass is 375 g/mol. The molecule has 146 valence electrons. The molecule has 1 atom stereocenters. The Morgan fingerprint density at radius 2 is 2.30 bits per heavy atom. The van der Waals surface area contributed by atoms with Crippen LogP contribution in [0, 0.1) is 0 Å². The van der Waals surface area contributed by atoms with Crippen molar-refractivity contribution in [2.45, 2.75) is 25.4 Å². The third-order valence-corrected chi connectivity index (χ3v) is 4.55. The highest BCUT2D eigenvalue weighted by Crippen LogP contribution is 2.33. The van der Waals surface area contributed by atoms with E-state index in [1.807, 2.05) is 11.9 Å². The Morgan fingerprint density at radius 3 is 3.00 bits per heavy atom. The number of nitrogens with one attached hydrogen (secondary N) is 1. The Labute approximate surface area is 157 Å². The average Bonchev–Trinajstić information content (AvgIpc) is 3.19. The number of carbonyl (C=O) groups is 1. The summed E-state index contributed by atoms with van der Waals surface area (Å²) in [5.41, 5.74) is 6.61. The molecule has 0 radical (unpaired) electrons. The van der Waals surface area contributed by atoms with Gasteiger partial charge >= 0.3 is 0 Å². The van der Waals surface area contributed by atoms with Gasteiger partial charge in [-0.3, -0.25) is 4.79 Å². The van der Waals surface area contributed by atoms with Crippen LogP contribution in [-0.2, 0) is 9.53 Å². The number of phenols is 1. The minimum atomic E-state index is -0.308. The van der Waals surface area contributed by atoms with Crippen LogP contribution in [0.4, 0.5) is 11.8 Å². The maximum atomic E-state index is 11.9. The number of rotatable bonds is 7. The number of nitrogens with two attached hydrogens (primary N) is 1. The van der Waals surface area contributed by atoms with Crippen LogP contribution in [0.3, 0.4) is 0 Å². The third-order valence-electron chi connectivity index (χ3n) is 4.55. The Balaban J connectivity index is 1.60. The van der Waals surface area contributed by atoms with Crippen molar-refractivity contribution >= 4 is 28.6 Å². The lowest BCUT2D eigenvalue weighted by atomic mass is 10.2. The molecule has 3 rings (SSSR count). The molecule has 1 unspecified atom stereocenters. The van der Waals surface area contributed by atoms with Crippen molar-refractivity contribution in [3.8, 4) is 11.5 Å². The first-order chi connectivity index (χ1) is 13.0. The Morgan fingerprint density at radius 1 is 1.48 bits per heavy atom. The molecule has 1 saturated heterocycles. The minimum absolute atomic E-state index is 0.0108. The van der Waals surface area contributed by atoms with Crippen molar-refractivity contribution in [2.75, 3.05) is 44.5 Å². The average molecular weight is 375 g/mol. The molecule has 1 aromatic heterocycles. The van der Waals surface area contributed by atoms with Crippen LogP contribution < -0.4 is 20.7 Å². The molecule has 0 spiro atoms. The number of methoxy groups -OCH3 is 1. The number of ether oxygens (including phenoxy) is 2. The molecule has 0 saturated carbocycles. The van der Waals surface area contributed by atoms with Gasteiger partial charge in [0, 0.05) is 38.2 Å². The lowest BCUT2D eigenvalue weighted by Crippen LogP contribution is -2.36. The fourth-order valence-electron chi connectivity index (χ4n) is 3.02. The molecule has 1 aliphatic rings. The maximum Gasteiger partial charge on any atom is 0.249 e. The summed E-state index contributed by atoms with van der Waals surface area (Å²) in [4.78, 5) is 22.6. The molecule has 4 N–H and O–H groups in total. The van der Waals surface area contributed by atoms with E-state index >= 15 is 0 Å². The van der Waals surface area contributed by atoms with Crippen LogP contribution in [0.1, 0.15) is 19.3 Å². The summed E-state index contributed by atoms with van der Waals surface area (Å²) in [6.45, 7) is 1.85. The van der Waals surface area contributed by atoms with E-state index in [1.165, 1.54) is 13.2 Å². The lowest BCUT2D eigenvalue weighted by Gasteiger charge is -2.18. The number of aromatic hydroxyl groups is 1. The van der Waals surface area contributed by atoms with Gasteiger partial charge in [-0.1, -0.05) is 0 Å². The molecular formula is C18H25N5O4. The van der Waals surface area contributed by atoms with E-state index in [0.29, 0.717) is 42.3 Å². The number of nitrogens with zero attached hydrogens (tertiary/aromatic N) is 3. The second kappa shape index (κ2) is 8.26. The zero-order valence-electron chi connectivity index (χ0n) is 15.6. The van der Waals surface area contributed by atoms with Crippen molar-refractivity contribution in [3.05, 3.63) is 12.1 Å². The van der Waals surface area contributed by atoms with E-state index < -0.39 is 0 Å². The van der Waals surface area contributed by atoms with Crippen molar-refractivity contribution in [3.63, 3.8) is 0 Å². The second-order valence-electron chi connectivity index (χ2n) is 6.52. The largest absolute Gasteiger partial charge is 0.504 e. The highest BCUT2D eigenvalue weighted by Gasteiger charge is 2.22. The molecule has 9 heteroatoms. The van der Waals surface area contributed by atoms with Gasteiger partial charge in [0.25, 0.3) is 0 Å². The molecule has 1 aliphatic heterocycles. The number of hydrogen-bond donors (Lipinski definition) is 3. The Bertz CT molecular complexity index is 823. The van der Waals surface area contributed by atoms with Crippen LogP contribution in [0.15, 0.2) is 12.1 Å².